The van der Waals surface area contributed by atoms with Crippen LogP contribution in [-0.2, 0) is 20.4 Å². The Hall–Kier alpha value is -1.14. The smallest absolute Gasteiger partial charge is 0.322 e. The molecule has 1 aromatic carbocycles. The second kappa shape index (κ2) is 5.88. The molecule has 106 valence electrons. The molecule has 0 saturated carbocycles. The van der Waals surface area contributed by atoms with E-state index in [1.807, 2.05) is 0 Å². The van der Waals surface area contributed by atoms with Gasteiger partial charge in [0.25, 0.3) is 0 Å². The maximum Gasteiger partial charge on any atom is 0.322 e. The van der Waals surface area contributed by atoms with Crippen molar-refractivity contribution in [3.05, 3.63) is 34.6 Å². The molecule has 0 fully saturated rings. The average Bonchev–Trinajstić information content (AvgIpc) is 2.22. The van der Waals surface area contributed by atoms with Crippen LogP contribution in [0.1, 0.15) is 19.4 Å². The molecule has 1 rings (SSSR count). The van der Waals surface area contributed by atoms with Gasteiger partial charge in [-0.1, -0.05) is 37.6 Å². The zero-order valence-corrected chi connectivity index (χ0v) is 12.0. The summed E-state index contributed by atoms with van der Waals surface area (Å²) >= 11 is 5.56. The van der Waals surface area contributed by atoms with Crippen molar-refractivity contribution >= 4 is 27.4 Å². The summed E-state index contributed by atoms with van der Waals surface area (Å²) < 4.78 is 37.8. The zero-order valence-electron chi connectivity index (χ0n) is 10.4. The van der Waals surface area contributed by atoms with Gasteiger partial charge in [-0.2, -0.15) is 0 Å². The van der Waals surface area contributed by atoms with Crippen LogP contribution in [0.25, 0.3) is 0 Å². The number of hydrogen-bond donors (Lipinski definition) is 1. The second-order valence-corrected chi connectivity index (χ2v) is 7.05. The number of carboxylic acids is 1. The number of aliphatic carboxylic acids is 1. The highest BCUT2D eigenvalue weighted by Crippen LogP contribution is 2.23. The summed E-state index contributed by atoms with van der Waals surface area (Å²) in [5, 5.41) is 7.23. The van der Waals surface area contributed by atoms with Crippen LogP contribution in [0, 0.1) is 11.7 Å². The van der Waals surface area contributed by atoms with E-state index in [0.29, 0.717) is 0 Å². The van der Waals surface area contributed by atoms with Gasteiger partial charge in [-0.3, -0.25) is 4.79 Å². The first-order valence-corrected chi connectivity index (χ1v) is 7.63. The lowest BCUT2D eigenvalue weighted by molar-refractivity contribution is -0.137. The molecule has 7 heteroatoms. The molecular formula is C12H14ClFO4S. The van der Waals surface area contributed by atoms with Crippen LogP contribution in [0.4, 0.5) is 4.39 Å². The molecule has 1 aromatic rings. The highest BCUT2D eigenvalue weighted by Gasteiger charge is 2.35. The highest BCUT2D eigenvalue weighted by atomic mass is 35.5. The van der Waals surface area contributed by atoms with E-state index in [1.165, 1.54) is 32.0 Å². The van der Waals surface area contributed by atoms with Crippen LogP contribution >= 0.6 is 11.6 Å². The van der Waals surface area contributed by atoms with Crippen LogP contribution in [0.5, 0.6) is 0 Å². The summed E-state index contributed by atoms with van der Waals surface area (Å²) in [6.07, 6.45) is 0. The molecule has 1 N–H and O–H groups in total. The predicted octanol–water partition coefficient (Wildman–Crippen LogP) is 2.50. The van der Waals surface area contributed by atoms with Gasteiger partial charge in [0.1, 0.15) is 5.82 Å². The maximum absolute atomic E-state index is 13.7. The minimum absolute atomic E-state index is 0.126. The van der Waals surface area contributed by atoms with Gasteiger partial charge in [0.15, 0.2) is 15.1 Å². The monoisotopic (exact) mass is 308 g/mol. The van der Waals surface area contributed by atoms with Crippen molar-refractivity contribution in [2.45, 2.75) is 24.9 Å². The molecule has 0 amide bonds. The first-order chi connectivity index (χ1) is 8.66. The largest absolute Gasteiger partial charge is 0.480 e. The van der Waals surface area contributed by atoms with E-state index in [0.717, 1.165) is 0 Å². The van der Waals surface area contributed by atoms with Gasteiger partial charge in [-0.25, -0.2) is 12.8 Å². The van der Waals surface area contributed by atoms with Crippen molar-refractivity contribution in [2.75, 3.05) is 0 Å². The Labute approximate surface area is 116 Å². The topological polar surface area (TPSA) is 71.4 Å². The van der Waals surface area contributed by atoms with E-state index in [2.05, 4.69) is 0 Å². The first kappa shape index (κ1) is 15.9. The van der Waals surface area contributed by atoms with E-state index < -0.39 is 38.5 Å². The van der Waals surface area contributed by atoms with Crippen molar-refractivity contribution < 1.29 is 22.7 Å². The lowest BCUT2D eigenvalue weighted by atomic mass is 10.1. The Morgan fingerprint density at radius 2 is 2.00 bits per heavy atom. The minimum atomic E-state index is -4.01. The molecule has 0 aliphatic heterocycles. The van der Waals surface area contributed by atoms with Gasteiger partial charge in [-0.15, -0.1) is 0 Å². The van der Waals surface area contributed by atoms with Crippen molar-refractivity contribution in [1.29, 1.82) is 0 Å². The highest BCUT2D eigenvalue weighted by molar-refractivity contribution is 7.92. The predicted molar refractivity (Wildman–Crippen MR) is 70.3 cm³/mol. The van der Waals surface area contributed by atoms with Gasteiger partial charge in [0, 0.05) is 5.56 Å². The fourth-order valence-electron chi connectivity index (χ4n) is 1.82. The van der Waals surface area contributed by atoms with Crippen molar-refractivity contribution in [3.8, 4) is 0 Å². The molecule has 0 aliphatic rings. The van der Waals surface area contributed by atoms with Crippen LogP contribution < -0.4 is 0 Å². The Balaban J connectivity index is 3.15. The molecular weight excluding hydrogens is 295 g/mol. The molecule has 0 radical (unpaired) electrons. The zero-order chi connectivity index (χ0) is 14.8. The molecule has 19 heavy (non-hydrogen) atoms. The van der Waals surface area contributed by atoms with Gasteiger partial charge in [0.05, 0.1) is 10.8 Å². The van der Waals surface area contributed by atoms with Crippen LogP contribution in [-0.4, -0.2) is 24.7 Å². The summed E-state index contributed by atoms with van der Waals surface area (Å²) in [5.41, 5.74) is -0.126. The lowest BCUT2D eigenvalue weighted by Crippen LogP contribution is -2.36. The van der Waals surface area contributed by atoms with E-state index in [1.54, 1.807) is 0 Å². The number of hydrogen-bond acceptors (Lipinski definition) is 3. The quantitative estimate of drug-likeness (QED) is 0.907. The van der Waals surface area contributed by atoms with Crippen LogP contribution in [0.3, 0.4) is 0 Å². The summed E-state index contributed by atoms with van der Waals surface area (Å²) in [4.78, 5) is 11.0. The minimum Gasteiger partial charge on any atom is -0.480 e. The van der Waals surface area contributed by atoms with Crippen LogP contribution in [0.15, 0.2) is 18.2 Å². The number of halogens is 2. The number of carboxylic acid groups (broad SMARTS) is 1. The Bertz CT molecular complexity index is 583. The molecule has 1 atom stereocenters. The SMILES string of the molecule is CC(C)C(C(=O)O)S(=O)(=O)Cc1cccc(Cl)c1F. The molecule has 0 aliphatic carbocycles. The van der Waals surface area contributed by atoms with Gasteiger partial charge < -0.3 is 5.11 Å². The Morgan fingerprint density at radius 1 is 1.42 bits per heavy atom. The molecule has 0 heterocycles. The standard InChI is InChI=1S/C12H14ClFO4S/c1-7(2)11(12(15)16)19(17,18)6-8-4-3-5-9(13)10(8)14/h3-5,7,11H,6H2,1-2H3,(H,15,16). The first-order valence-electron chi connectivity index (χ1n) is 5.54. The van der Waals surface area contributed by atoms with Gasteiger partial charge in [0.2, 0.25) is 0 Å². The fraction of sp³-hybridized carbons (Fsp3) is 0.417. The normalized spacial score (nSPS) is 13.5. The molecule has 1 unspecified atom stereocenters. The molecule has 0 saturated heterocycles. The van der Waals surface area contributed by atoms with Crippen molar-refractivity contribution in [1.82, 2.24) is 0 Å². The second-order valence-electron chi connectivity index (χ2n) is 4.52. The van der Waals surface area contributed by atoms with E-state index in [9.17, 15) is 17.6 Å². The number of carbonyl (C=O) groups is 1. The van der Waals surface area contributed by atoms with Crippen LogP contribution in [0.2, 0.25) is 5.02 Å². The molecule has 4 nitrogen and oxygen atoms in total. The third kappa shape index (κ3) is 3.67. The third-order valence-electron chi connectivity index (χ3n) is 2.62. The van der Waals surface area contributed by atoms with Crippen molar-refractivity contribution in [2.24, 2.45) is 5.92 Å². The van der Waals surface area contributed by atoms with Gasteiger partial charge in [-0.05, 0) is 12.0 Å². The third-order valence-corrected chi connectivity index (χ3v) is 5.15. The fourth-order valence-corrected chi connectivity index (χ4v) is 3.99. The molecule has 0 bridgehead atoms. The average molecular weight is 309 g/mol. The van der Waals surface area contributed by atoms with E-state index >= 15 is 0 Å². The van der Waals surface area contributed by atoms with E-state index in [-0.39, 0.29) is 10.6 Å². The van der Waals surface area contributed by atoms with Crippen molar-refractivity contribution in [3.63, 3.8) is 0 Å². The molecule has 0 spiro atoms. The van der Waals surface area contributed by atoms with E-state index in [4.69, 9.17) is 16.7 Å². The number of rotatable bonds is 5. The number of benzene rings is 1. The Kier molecular flexibility index (Phi) is 4.92. The Morgan fingerprint density at radius 3 is 2.47 bits per heavy atom. The summed E-state index contributed by atoms with van der Waals surface area (Å²) in [5.74, 6) is -3.56. The lowest BCUT2D eigenvalue weighted by Gasteiger charge is -2.17. The summed E-state index contributed by atoms with van der Waals surface area (Å²) in [7, 11) is -4.01. The number of sulfone groups is 1. The maximum atomic E-state index is 13.7. The van der Waals surface area contributed by atoms with Gasteiger partial charge >= 0.3 is 5.97 Å². The summed E-state index contributed by atoms with van der Waals surface area (Å²) in [6.45, 7) is 2.98. The summed E-state index contributed by atoms with van der Waals surface area (Å²) in [6, 6.07) is 3.99. The molecule has 0 aromatic heterocycles.